The largest absolute Gasteiger partial charge is 0.396 e. The van der Waals surface area contributed by atoms with E-state index in [4.69, 9.17) is 5.11 Å². The standard InChI is InChI=1S/C13H28N2O/c1-12(11-16)5-3-7-14-9-13-6-4-8-15(2)10-13/h12-14,16H,3-11H2,1-2H3. The van der Waals surface area contributed by atoms with Crippen LogP contribution in [0.1, 0.15) is 32.6 Å². The number of rotatable bonds is 7. The number of aliphatic hydroxyl groups is 1. The van der Waals surface area contributed by atoms with Crippen molar-refractivity contribution in [3.63, 3.8) is 0 Å². The maximum absolute atomic E-state index is 8.90. The van der Waals surface area contributed by atoms with E-state index in [1.165, 1.54) is 32.4 Å². The van der Waals surface area contributed by atoms with Crippen molar-refractivity contribution in [2.45, 2.75) is 32.6 Å². The lowest BCUT2D eigenvalue weighted by Gasteiger charge is -2.29. The number of hydrogen-bond acceptors (Lipinski definition) is 3. The second kappa shape index (κ2) is 8.04. The fraction of sp³-hybridized carbons (Fsp3) is 1.00. The first-order valence-corrected chi connectivity index (χ1v) is 6.72. The maximum Gasteiger partial charge on any atom is 0.0456 e. The molecule has 0 aromatic heterocycles. The Hall–Kier alpha value is -0.120. The van der Waals surface area contributed by atoms with Gasteiger partial charge in [-0.15, -0.1) is 0 Å². The number of nitrogens with zero attached hydrogens (tertiary/aromatic N) is 1. The van der Waals surface area contributed by atoms with E-state index in [1.807, 2.05) is 0 Å². The molecule has 16 heavy (non-hydrogen) atoms. The van der Waals surface area contributed by atoms with E-state index in [0.29, 0.717) is 12.5 Å². The minimum absolute atomic E-state index is 0.327. The molecule has 0 aliphatic carbocycles. The van der Waals surface area contributed by atoms with Crippen LogP contribution in [0.15, 0.2) is 0 Å². The highest BCUT2D eigenvalue weighted by Crippen LogP contribution is 2.13. The number of aliphatic hydroxyl groups excluding tert-OH is 1. The number of nitrogens with one attached hydrogen (secondary N) is 1. The van der Waals surface area contributed by atoms with Gasteiger partial charge in [-0.2, -0.15) is 0 Å². The zero-order valence-corrected chi connectivity index (χ0v) is 10.9. The quantitative estimate of drug-likeness (QED) is 0.645. The summed E-state index contributed by atoms with van der Waals surface area (Å²) < 4.78 is 0. The van der Waals surface area contributed by atoms with Crippen molar-refractivity contribution in [1.29, 1.82) is 0 Å². The molecule has 2 N–H and O–H groups in total. The summed E-state index contributed by atoms with van der Waals surface area (Å²) in [5.74, 6) is 1.30. The van der Waals surface area contributed by atoms with Crippen molar-refractivity contribution >= 4 is 0 Å². The van der Waals surface area contributed by atoms with Crippen LogP contribution in [0.2, 0.25) is 0 Å². The average Bonchev–Trinajstić information content (AvgIpc) is 2.28. The van der Waals surface area contributed by atoms with Crippen LogP contribution in [0.25, 0.3) is 0 Å². The molecule has 1 rings (SSSR count). The molecule has 3 nitrogen and oxygen atoms in total. The first-order valence-electron chi connectivity index (χ1n) is 6.72. The van der Waals surface area contributed by atoms with Gasteiger partial charge in [0.1, 0.15) is 0 Å². The van der Waals surface area contributed by atoms with Gasteiger partial charge >= 0.3 is 0 Å². The van der Waals surface area contributed by atoms with Gasteiger partial charge in [0.15, 0.2) is 0 Å². The van der Waals surface area contributed by atoms with Crippen molar-refractivity contribution in [2.24, 2.45) is 11.8 Å². The van der Waals surface area contributed by atoms with Crippen LogP contribution in [-0.2, 0) is 0 Å². The molecule has 0 radical (unpaired) electrons. The second-order valence-corrected chi connectivity index (χ2v) is 5.40. The molecule has 0 saturated carbocycles. The SMILES string of the molecule is CC(CO)CCCNCC1CCCN(C)C1. The zero-order chi connectivity index (χ0) is 11.8. The van der Waals surface area contributed by atoms with E-state index >= 15 is 0 Å². The van der Waals surface area contributed by atoms with Crippen molar-refractivity contribution < 1.29 is 5.11 Å². The highest BCUT2D eigenvalue weighted by molar-refractivity contribution is 4.72. The molecule has 0 spiro atoms. The average molecular weight is 228 g/mol. The molecular formula is C13H28N2O. The number of likely N-dealkylation sites (tertiary alicyclic amines) is 1. The van der Waals surface area contributed by atoms with Crippen molar-refractivity contribution in [3.8, 4) is 0 Å². The lowest BCUT2D eigenvalue weighted by atomic mass is 9.98. The molecule has 1 fully saturated rings. The molecule has 0 amide bonds. The Morgan fingerprint density at radius 2 is 2.31 bits per heavy atom. The van der Waals surface area contributed by atoms with Crippen molar-refractivity contribution in [1.82, 2.24) is 10.2 Å². The van der Waals surface area contributed by atoms with Gasteiger partial charge in [-0.05, 0) is 64.2 Å². The molecule has 3 heteroatoms. The molecular weight excluding hydrogens is 200 g/mol. The lowest BCUT2D eigenvalue weighted by molar-refractivity contribution is 0.204. The fourth-order valence-corrected chi connectivity index (χ4v) is 2.41. The highest BCUT2D eigenvalue weighted by atomic mass is 16.3. The van der Waals surface area contributed by atoms with Gasteiger partial charge in [-0.3, -0.25) is 0 Å². The minimum atomic E-state index is 0.327. The Balaban J connectivity index is 1.94. The van der Waals surface area contributed by atoms with Gasteiger partial charge in [0, 0.05) is 13.2 Å². The maximum atomic E-state index is 8.90. The second-order valence-electron chi connectivity index (χ2n) is 5.40. The van der Waals surface area contributed by atoms with Crippen LogP contribution in [-0.4, -0.2) is 49.8 Å². The van der Waals surface area contributed by atoms with Gasteiger partial charge in [-0.1, -0.05) is 6.92 Å². The first-order chi connectivity index (χ1) is 7.72. The number of piperidine rings is 1. The zero-order valence-electron chi connectivity index (χ0n) is 10.9. The highest BCUT2D eigenvalue weighted by Gasteiger charge is 2.16. The monoisotopic (exact) mass is 228 g/mol. The van der Waals surface area contributed by atoms with Gasteiger partial charge in [0.2, 0.25) is 0 Å². The molecule has 1 aliphatic rings. The summed E-state index contributed by atoms with van der Waals surface area (Å²) in [5.41, 5.74) is 0. The molecule has 0 bridgehead atoms. The third-order valence-electron chi connectivity index (χ3n) is 3.52. The number of hydrogen-bond donors (Lipinski definition) is 2. The van der Waals surface area contributed by atoms with E-state index < -0.39 is 0 Å². The van der Waals surface area contributed by atoms with Crippen LogP contribution < -0.4 is 5.32 Å². The molecule has 1 aliphatic heterocycles. The van der Waals surface area contributed by atoms with Gasteiger partial charge in [0.25, 0.3) is 0 Å². The Bertz CT molecular complexity index is 175. The third kappa shape index (κ3) is 5.83. The summed E-state index contributed by atoms with van der Waals surface area (Å²) in [4.78, 5) is 2.43. The summed E-state index contributed by atoms with van der Waals surface area (Å²) in [6.07, 6.45) is 5.05. The Morgan fingerprint density at radius 3 is 3.00 bits per heavy atom. The normalized spacial score (nSPS) is 24.6. The van der Waals surface area contributed by atoms with Gasteiger partial charge in [0.05, 0.1) is 0 Å². The van der Waals surface area contributed by atoms with Crippen LogP contribution in [0.3, 0.4) is 0 Å². The predicted molar refractivity (Wildman–Crippen MR) is 68.6 cm³/mol. The predicted octanol–water partition coefficient (Wildman–Crippen LogP) is 1.33. The Kier molecular flexibility index (Phi) is 7.01. The van der Waals surface area contributed by atoms with E-state index in [2.05, 4.69) is 24.2 Å². The fourth-order valence-electron chi connectivity index (χ4n) is 2.41. The van der Waals surface area contributed by atoms with Crippen LogP contribution in [0.5, 0.6) is 0 Å². The Labute approximate surface area is 100 Å². The summed E-state index contributed by atoms with van der Waals surface area (Å²) >= 11 is 0. The van der Waals surface area contributed by atoms with E-state index in [0.717, 1.165) is 25.4 Å². The lowest BCUT2D eigenvalue weighted by Crippen LogP contribution is -2.37. The molecule has 0 aromatic rings. The Morgan fingerprint density at radius 1 is 1.50 bits per heavy atom. The van der Waals surface area contributed by atoms with E-state index in [1.54, 1.807) is 0 Å². The van der Waals surface area contributed by atoms with E-state index in [9.17, 15) is 0 Å². The van der Waals surface area contributed by atoms with Crippen molar-refractivity contribution in [3.05, 3.63) is 0 Å². The molecule has 96 valence electrons. The topological polar surface area (TPSA) is 35.5 Å². The van der Waals surface area contributed by atoms with Gasteiger partial charge < -0.3 is 15.3 Å². The minimum Gasteiger partial charge on any atom is -0.396 e. The molecule has 1 heterocycles. The summed E-state index contributed by atoms with van der Waals surface area (Å²) in [7, 11) is 2.22. The third-order valence-corrected chi connectivity index (χ3v) is 3.52. The molecule has 2 unspecified atom stereocenters. The van der Waals surface area contributed by atoms with E-state index in [-0.39, 0.29) is 0 Å². The van der Waals surface area contributed by atoms with Crippen LogP contribution in [0.4, 0.5) is 0 Å². The van der Waals surface area contributed by atoms with Crippen LogP contribution in [0, 0.1) is 11.8 Å². The van der Waals surface area contributed by atoms with Crippen molar-refractivity contribution in [2.75, 3.05) is 39.8 Å². The first kappa shape index (κ1) is 13.9. The summed E-state index contributed by atoms with van der Waals surface area (Å²) in [5, 5.41) is 12.4. The molecule has 0 aromatic carbocycles. The molecule has 1 saturated heterocycles. The molecule has 2 atom stereocenters. The smallest absolute Gasteiger partial charge is 0.0456 e. The van der Waals surface area contributed by atoms with Gasteiger partial charge in [-0.25, -0.2) is 0 Å². The summed E-state index contributed by atoms with van der Waals surface area (Å²) in [6.45, 7) is 7.22. The van der Waals surface area contributed by atoms with Crippen LogP contribution >= 0.6 is 0 Å². The summed E-state index contributed by atoms with van der Waals surface area (Å²) in [6, 6.07) is 0.